The molecule has 6 nitrogen and oxygen atoms in total. The van der Waals surface area contributed by atoms with Crippen molar-refractivity contribution in [2.24, 2.45) is 23.5 Å². The van der Waals surface area contributed by atoms with E-state index in [2.05, 4.69) is 4.98 Å². The SMILES string of the molecule is CC[C@@H](Cc1ccccc1)C(C(N)=O)(C(C)C)N(CC(C)C)S(=O)(=O)c1ccc2ncsc2c1. The number of carbonyl (C=O) groups excluding carboxylic acids is 1. The zero-order chi connectivity index (χ0) is 25.1. The van der Waals surface area contributed by atoms with Gasteiger partial charge in [-0.1, -0.05) is 71.4 Å². The smallest absolute Gasteiger partial charge is 0.244 e. The summed E-state index contributed by atoms with van der Waals surface area (Å²) in [7, 11) is -4.05. The lowest BCUT2D eigenvalue weighted by Gasteiger charge is -2.49. The highest BCUT2D eigenvalue weighted by Gasteiger charge is 2.55. The van der Waals surface area contributed by atoms with Crippen molar-refractivity contribution >= 4 is 37.5 Å². The summed E-state index contributed by atoms with van der Waals surface area (Å²) in [5.41, 5.74) is 8.28. The van der Waals surface area contributed by atoms with Crippen LogP contribution in [0.25, 0.3) is 10.2 Å². The summed E-state index contributed by atoms with van der Waals surface area (Å²) in [5, 5.41) is 0. The minimum Gasteiger partial charge on any atom is -0.368 e. The number of rotatable bonds is 11. The van der Waals surface area contributed by atoms with Crippen LogP contribution >= 0.6 is 11.3 Å². The molecule has 0 saturated heterocycles. The van der Waals surface area contributed by atoms with Gasteiger partial charge in [0.15, 0.2) is 0 Å². The largest absolute Gasteiger partial charge is 0.368 e. The van der Waals surface area contributed by atoms with E-state index in [4.69, 9.17) is 5.73 Å². The maximum absolute atomic E-state index is 14.3. The number of primary amides is 1. The zero-order valence-electron chi connectivity index (χ0n) is 20.6. The van der Waals surface area contributed by atoms with Gasteiger partial charge in [0.25, 0.3) is 0 Å². The van der Waals surface area contributed by atoms with Gasteiger partial charge in [0.05, 0.1) is 20.6 Å². The molecular weight excluding hydrogens is 466 g/mol. The first kappa shape index (κ1) is 26.3. The first-order valence-corrected chi connectivity index (χ1v) is 14.1. The number of aromatic nitrogens is 1. The van der Waals surface area contributed by atoms with E-state index in [9.17, 15) is 13.2 Å². The number of benzene rings is 2. The fraction of sp³-hybridized carbons (Fsp3) is 0.462. The summed E-state index contributed by atoms with van der Waals surface area (Å²) in [6.45, 7) is 9.90. The lowest BCUT2D eigenvalue weighted by atomic mass is 9.70. The summed E-state index contributed by atoms with van der Waals surface area (Å²) in [6.07, 6.45) is 1.16. The van der Waals surface area contributed by atoms with Gasteiger partial charge in [0, 0.05) is 6.54 Å². The molecule has 3 aromatic rings. The van der Waals surface area contributed by atoms with E-state index in [1.165, 1.54) is 15.6 Å². The van der Waals surface area contributed by atoms with Gasteiger partial charge in [-0.05, 0) is 47.9 Å². The van der Waals surface area contributed by atoms with Crippen molar-refractivity contribution in [2.45, 2.75) is 57.9 Å². The Morgan fingerprint density at radius 2 is 1.79 bits per heavy atom. The molecule has 0 aliphatic rings. The second-order valence-corrected chi connectivity index (χ2v) is 12.3. The zero-order valence-corrected chi connectivity index (χ0v) is 22.2. The van der Waals surface area contributed by atoms with E-state index in [0.717, 1.165) is 15.8 Å². The van der Waals surface area contributed by atoms with Gasteiger partial charge in [-0.25, -0.2) is 13.4 Å². The fourth-order valence-electron chi connectivity index (χ4n) is 4.98. The molecule has 0 radical (unpaired) electrons. The first-order valence-electron chi connectivity index (χ1n) is 11.7. The second kappa shape index (κ2) is 10.5. The van der Waals surface area contributed by atoms with Crippen LogP contribution in [0.3, 0.4) is 0 Å². The van der Waals surface area contributed by atoms with Gasteiger partial charge in [-0.15, -0.1) is 11.3 Å². The van der Waals surface area contributed by atoms with Crippen LogP contribution in [0.15, 0.2) is 58.9 Å². The number of amides is 1. The van der Waals surface area contributed by atoms with Gasteiger partial charge in [0.1, 0.15) is 5.54 Å². The molecule has 34 heavy (non-hydrogen) atoms. The van der Waals surface area contributed by atoms with Crippen LogP contribution in [0.1, 0.15) is 46.6 Å². The van der Waals surface area contributed by atoms with Crippen molar-refractivity contribution in [3.8, 4) is 0 Å². The molecular formula is C26H35N3O3S2. The number of nitrogens with two attached hydrogens (primary N) is 1. The average molecular weight is 502 g/mol. The van der Waals surface area contributed by atoms with Crippen LogP contribution in [0, 0.1) is 17.8 Å². The molecule has 0 spiro atoms. The number of thiazole rings is 1. The molecule has 184 valence electrons. The van der Waals surface area contributed by atoms with Crippen LogP contribution in [0.4, 0.5) is 0 Å². The molecule has 2 N–H and O–H groups in total. The van der Waals surface area contributed by atoms with Crippen LogP contribution in [0.5, 0.6) is 0 Å². The molecule has 0 aliphatic heterocycles. The third-order valence-corrected chi connectivity index (χ3v) is 9.22. The third-order valence-electron chi connectivity index (χ3n) is 6.55. The molecule has 1 unspecified atom stereocenters. The topological polar surface area (TPSA) is 93.4 Å². The number of hydrogen-bond donors (Lipinski definition) is 1. The van der Waals surface area contributed by atoms with Crippen LogP contribution < -0.4 is 5.73 Å². The van der Waals surface area contributed by atoms with Crippen molar-refractivity contribution < 1.29 is 13.2 Å². The monoisotopic (exact) mass is 501 g/mol. The Kier molecular flexibility index (Phi) is 8.16. The molecule has 3 rings (SSSR count). The van der Waals surface area contributed by atoms with Crippen molar-refractivity contribution in [1.82, 2.24) is 9.29 Å². The van der Waals surface area contributed by atoms with Gasteiger partial charge >= 0.3 is 0 Å². The van der Waals surface area contributed by atoms with Crippen molar-refractivity contribution in [1.29, 1.82) is 0 Å². The van der Waals surface area contributed by atoms with E-state index in [1.54, 1.807) is 23.7 Å². The number of sulfonamides is 1. The van der Waals surface area contributed by atoms with E-state index in [-0.39, 0.29) is 29.2 Å². The predicted octanol–water partition coefficient (Wildman–Crippen LogP) is 5.09. The molecule has 0 saturated carbocycles. The Morgan fingerprint density at radius 3 is 2.35 bits per heavy atom. The Balaban J connectivity index is 2.23. The Labute approximate surface area is 207 Å². The lowest BCUT2D eigenvalue weighted by molar-refractivity contribution is -0.134. The molecule has 2 aromatic carbocycles. The molecule has 0 fully saturated rings. The number of fused-ring (bicyclic) bond motifs is 1. The number of hydrogen-bond acceptors (Lipinski definition) is 5. The third kappa shape index (κ3) is 4.90. The second-order valence-electron chi connectivity index (χ2n) is 9.55. The Hall–Kier alpha value is -2.29. The van der Waals surface area contributed by atoms with E-state index in [1.807, 2.05) is 65.0 Å². The average Bonchev–Trinajstić information content (AvgIpc) is 3.26. The highest BCUT2D eigenvalue weighted by Crippen LogP contribution is 2.41. The van der Waals surface area contributed by atoms with Crippen LogP contribution in [0.2, 0.25) is 0 Å². The number of carbonyl (C=O) groups is 1. The lowest BCUT2D eigenvalue weighted by Crippen LogP contribution is -2.67. The van der Waals surface area contributed by atoms with Gasteiger partial charge in [-0.2, -0.15) is 4.31 Å². The number of nitrogens with zero attached hydrogens (tertiary/aromatic N) is 2. The first-order chi connectivity index (χ1) is 16.0. The van der Waals surface area contributed by atoms with Crippen molar-refractivity contribution in [3.63, 3.8) is 0 Å². The summed E-state index contributed by atoms with van der Waals surface area (Å²) >= 11 is 1.39. The van der Waals surface area contributed by atoms with Crippen LogP contribution in [-0.2, 0) is 21.2 Å². The highest BCUT2D eigenvalue weighted by atomic mass is 32.2. The predicted molar refractivity (Wildman–Crippen MR) is 139 cm³/mol. The fourth-order valence-corrected chi connectivity index (χ4v) is 7.88. The van der Waals surface area contributed by atoms with Gasteiger partial charge in [0.2, 0.25) is 15.9 Å². The molecule has 1 heterocycles. The van der Waals surface area contributed by atoms with Gasteiger partial charge in [-0.3, -0.25) is 4.79 Å². The summed E-state index contributed by atoms with van der Waals surface area (Å²) in [6, 6.07) is 14.8. The molecule has 0 aliphatic carbocycles. The molecule has 2 atom stereocenters. The molecule has 8 heteroatoms. The molecule has 1 amide bonds. The molecule has 0 bridgehead atoms. The maximum atomic E-state index is 14.3. The van der Waals surface area contributed by atoms with E-state index >= 15 is 0 Å². The maximum Gasteiger partial charge on any atom is 0.244 e. The van der Waals surface area contributed by atoms with E-state index in [0.29, 0.717) is 12.8 Å². The standard InChI is InChI=1S/C26H35N3O3S2/c1-6-21(14-20-10-8-7-9-11-20)26(19(4)5,25(27)30)29(16-18(2)3)34(31,32)22-12-13-23-24(15-22)33-17-28-23/h7-13,15,17-19,21H,6,14,16H2,1-5H3,(H2,27,30)/t21-,26?/m0/s1. The van der Waals surface area contributed by atoms with Crippen molar-refractivity contribution in [3.05, 3.63) is 59.6 Å². The van der Waals surface area contributed by atoms with Gasteiger partial charge < -0.3 is 5.73 Å². The summed E-state index contributed by atoms with van der Waals surface area (Å²) in [4.78, 5) is 17.9. The quantitative estimate of drug-likeness (QED) is 0.396. The Bertz CT molecular complexity index is 1220. The minimum atomic E-state index is -4.05. The van der Waals surface area contributed by atoms with Crippen LogP contribution in [-0.4, -0.2) is 35.7 Å². The summed E-state index contributed by atoms with van der Waals surface area (Å²) in [5.74, 6) is -1.24. The van der Waals surface area contributed by atoms with Crippen molar-refractivity contribution in [2.75, 3.05) is 6.54 Å². The van der Waals surface area contributed by atoms with E-state index < -0.39 is 21.5 Å². The normalized spacial score (nSPS) is 15.2. The minimum absolute atomic E-state index is 0.00591. The Morgan fingerprint density at radius 1 is 1.12 bits per heavy atom. The molecule has 1 aromatic heterocycles. The highest BCUT2D eigenvalue weighted by molar-refractivity contribution is 7.89. The summed E-state index contributed by atoms with van der Waals surface area (Å²) < 4.78 is 30.7.